The summed E-state index contributed by atoms with van der Waals surface area (Å²) in [6.07, 6.45) is 2.57. The zero-order chi connectivity index (χ0) is 40.4. The van der Waals surface area contributed by atoms with Crippen molar-refractivity contribution >= 4 is 53.9 Å². The highest BCUT2D eigenvalue weighted by molar-refractivity contribution is 6.28. The first-order chi connectivity index (χ1) is 30.0. The monoisotopic (exact) mass is 784 g/mol. The summed E-state index contributed by atoms with van der Waals surface area (Å²) < 4.78 is 13.1. The Morgan fingerprint density at radius 3 is 1.69 bits per heavy atom. The Labute approximate surface area is 356 Å². The van der Waals surface area contributed by atoms with Gasteiger partial charge < -0.3 is 9.47 Å². The molecule has 4 aliphatic rings. The molecule has 1 aliphatic heterocycles. The summed E-state index contributed by atoms with van der Waals surface area (Å²) in [6, 6.07) is 68.4. The number of fused-ring (bicyclic) bond motifs is 7. The van der Waals surface area contributed by atoms with Crippen LogP contribution in [-0.2, 0) is 9.47 Å². The Morgan fingerprint density at radius 2 is 0.951 bits per heavy atom. The van der Waals surface area contributed by atoms with Gasteiger partial charge in [-0.15, -0.1) is 0 Å². The second-order valence-corrected chi connectivity index (χ2v) is 18.1. The van der Waals surface area contributed by atoms with Gasteiger partial charge in [-0.05, 0) is 154 Å². The van der Waals surface area contributed by atoms with Crippen molar-refractivity contribution in [3.05, 3.63) is 193 Å². The first-order valence-corrected chi connectivity index (χ1v) is 21.9. The standard InChI is InChI=1S/C59H44O2/c1-59(2)60-57-49-30-31-51(58(57)61-59)55-45(16-9-17-47(49)55)39-22-18-37(19-23-39)42-27-28-48-52(34-42)54(44-25-21-36-11-4-6-14-41(36)33-44)56-46-15-8-7-12-38(46)26-29-50(56)53(48)43-24-20-35-10-3-5-13-40(35)32-43/h3-29,32-34,49,51,57-58H,30-31H2,1-2H3. The molecule has 3 aliphatic carbocycles. The lowest BCUT2D eigenvalue weighted by Crippen LogP contribution is -2.44. The van der Waals surface area contributed by atoms with Crippen LogP contribution < -0.4 is 0 Å². The number of rotatable bonds is 4. The Kier molecular flexibility index (Phi) is 7.62. The molecule has 0 N–H and O–H groups in total. The van der Waals surface area contributed by atoms with Gasteiger partial charge in [-0.25, -0.2) is 0 Å². The third kappa shape index (κ3) is 5.42. The van der Waals surface area contributed by atoms with E-state index in [1.807, 2.05) is 0 Å². The van der Waals surface area contributed by atoms with E-state index in [1.165, 1.54) is 109 Å². The zero-order valence-electron chi connectivity index (χ0n) is 34.4. The minimum absolute atomic E-state index is 0.115. The van der Waals surface area contributed by atoms with Crippen molar-refractivity contribution in [3.63, 3.8) is 0 Å². The average molecular weight is 785 g/mol. The molecule has 4 unspecified atom stereocenters. The van der Waals surface area contributed by atoms with Crippen LogP contribution in [0.4, 0.5) is 0 Å². The van der Waals surface area contributed by atoms with E-state index in [9.17, 15) is 0 Å². The molecule has 1 saturated heterocycles. The highest BCUT2D eigenvalue weighted by atomic mass is 16.8. The zero-order valence-corrected chi connectivity index (χ0v) is 34.4. The first-order valence-electron chi connectivity index (χ1n) is 21.9. The molecule has 10 aromatic carbocycles. The largest absolute Gasteiger partial charge is 0.344 e. The van der Waals surface area contributed by atoms with Crippen LogP contribution in [0.25, 0.3) is 98.4 Å². The lowest BCUT2D eigenvalue weighted by Gasteiger charge is -2.45. The first kappa shape index (κ1) is 35.2. The maximum atomic E-state index is 6.59. The molecule has 61 heavy (non-hydrogen) atoms. The van der Waals surface area contributed by atoms with Crippen LogP contribution in [0.1, 0.15) is 49.7 Å². The van der Waals surface area contributed by atoms with Crippen molar-refractivity contribution < 1.29 is 9.47 Å². The van der Waals surface area contributed by atoms with E-state index in [0.717, 1.165) is 12.8 Å². The van der Waals surface area contributed by atoms with Gasteiger partial charge in [0.2, 0.25) is 0 Å². The summed E-state index contributed by atoms with van der Waals surface area (Å²) in [7, 11) is 0. The molecule has 14 rings (SSSR count). The highest BCUT2D eigenvalue weighted by Crippen LogP contribution is 2.58. The van der Waals surface area contributed by atoms with Gasteiger partial charge in [0.1, 0.15) is 0 Å². The minimum atomic E-state index is -0.538. The molecule has 292 valence electrons. The van der Waals surface area contributed by atoms with Crippen LogP contribution in [-0.4, -0.2) is 18.0 Å². The number of benzene rings is 10. The van der Waals surface area contributed by atoms with Crippen molar-refractivity contribution in [1.29, 1.82) is 0 Å². The molecule has 4 atom stereocenters. The summed E-state index contributed by atoms with van der Waals surface area (Å²) in [5, 5.41) is 12.6. The maximum Gasteiger partial charge on any atom is 0.163 e. The molecular formula is C59H44O2. The van der Waals surface area contributed by atoms with Crippen molar-refractivity contribution in [2.75, 3.05) is 0 Å². The van der Waals surface area contributed by atoms with E-state index in [0.29, 0.717) is 11.8 Å². The summed E-state index contributed by atoms with van der Waals surface area (Å²) >= 11 is 0. The van der Waals surface area contributed by atoms with Gasteiger partial charge >= 0.3 is 0 Å². The lowest BCUT2D eigenvalue weighted by atomic mass is 9.62. The van der Waals surface area contributed by atoms with E-state index in [1.54, 1.807) is 0 Å². The molecule has 2 nitrogen and oxygen atoms in total. The molecule has 1 heterocycles. The normalized spacial score (nSPS) is 20.2. The molecule has 2 bridgehead atoms. The van der Waals surface area contributed by atoms with E-state index in [4.69, 9.17) is 9.47 Å². The van der Waals surface area contributed by atoms with E-state index >= 15 is 0 Å². The predicted octanol–water partition coefficient (Wildman–Crippen LogP) is 15.6. The summed E-state index contributed by atoms with van der Waals surface area (Å²) in [6.45, 7) is 4.14. The quantitative estimate of drug-likeness (QED) is 0.131. The fourth-order valence-electron chi connectivity index (χ4n) is 11.7. The van der Waals surface area contributed by atoms with Crippen molar-refractivity contribution in [2.45, 2.75) is 56.5 Å². The third-order valence-electron chi connectivity index (χ3n) is 14.3. The van der Waals surface area contributed by atoms with Gasteiger partial charge in [0.05, 0.1) is 12.2 Å². The SMILES string of the molecule is CC1(C)OC2C3CCC(c4c(-c5ccc(-c6ccc7c(-c8ccc9ccccc9c8)c8ccc9ccccc9c8c(-c8ccc9ccccc9c8)c7c6)cc5)cccc43)C2O1. The molecule has 2 fully saturated rings. The number of hydrogen-bond donors (Lipinski definition) is 0. The number of hydrogen-bond acceptors (Lipinski definition) is 2. The molecular weight excluding hydrogens is 741 g/mol. The van der Waals surface area contributed by atoms with E-state index in [-0.39, 0.29) is 12.2 Å². The van der Waals surface area contributed by atoms with Crippen LogP contribution in [0, 0.1) is 0 Å². The minimum Gasteiger partial charge on any atom is -0.344 e. The van der Waals surface area contributed by atoms with Crippen LogP contribution >= 0.6 is 0 Å². The molecule has 2 heteroatoms. The summed E-state index contributed by atoms with van der Waals surface area (Å²) in [5.74, 6) is 0.191. The Bertz CT molecular complexity index is 3430. The van der Waals surface area contributed by atoms with Crippen LogP contribution in [0.2, 0.25) is 0 Å². The van der Waals surface area contributed by atoms with Crippen LogP contribution in [0.15, 0.2) is 182 Å². The molecule has 0 aromatic heterocycles. The second-order valence-electron chi connectivity index (χ2n) is 18.1. The maximum absolute atomic E-state index is 6.59. The van der Waals surface area contributed by atoms with Gasteiger partial charge in [-0.1, -0.05) is 164 Å². The van der Waals surface area contributed by atoms with Crippen LogP contribution in [0.5, 0.6) is 0 Å². The lowest BCUT2D eigenvalue weighted by molar-refractivity contribution is -0.147. The predicted molar refractivity (Wildman–Crippen MR) is 254 cm³/mol. The third-order valence-corrected chi connectivity index (χ3v) is 14.3. The Hall–Kier alpha value is -6.58. The Morgan fingerprint density at radius 1 is 0.393 bits per heavy atom. The molecule has 10 aromatic rings. The van der Waals surface area contributed by atoms with Crippen LogP contribution in [0.3, 0.4) is 0 Å². The van der Waals surface area contributed by atoms with Crippen molar-refractivity contribution in [1.82, 2.24) is 0 Å². The fraction of sp³-hybridized carbons (Fsp3) is 0.153. The topological polar surface area (TPSA) is 18.5 Å². The summed E-state index contributed by atoms with van der Waals surface area (Å²) in [5.41, 5.74) is 13.0. The molecule has 0 spiro atoms. The van der Waals surface area contributed by atoms with Gasteiger partial charge in [-0.2, -0.15) is 0 Å². The fourth-order valence-corrected chi connectivity index (χ4v) is 11.7. The number of ether oxygens (including phenoxy) is 2. The van der Waals surface area contributed by atoms with Crippen molar-refractivity contribution in [3.8, 4) is 44.5 Å². The molecule has 1 saturated carbocycles. The summed E-state index contributed by atoms with van der Waals surface area (Å²) in [4.78, 5) is 0. The second kappa shape index (κ2) is 13.2. The van der Waals surface area contributed by atoms with E-state index in [2.05, 4.69) is 196 Å². The van der Waals surface area contributed by atoms with E-state index < -0.39 is 5.79 Å². The van der Waals surface area contributed by atoms with Gasteiger partial charge in [-0.3, -0.25) is 0 Å². The van der Waals surface area contributed by atoms with Gasteiger partial charge in [0, 0.05) is 11.8 Å². The van der Waals surface area contributed by atoms with Crippen molar-refractivity contribution in [2.24, 2.45) is 0 Å². The Balaban J connectivity index is 1.02. The molecule has 0 amide bonds. The average Bonchev–Trinajstić information content (AvgIpc) is 3.66. The van der Waals surface area contributed by atoms with Gasteiger partial charge in [0.15, 0.2) is 5.79 Å². The smallest absolute Gasteiger partial charge is 0.163 e. The molecule has 0 radical (unpaired) electrons. The highest BCUT2D eigenvalue weighted by Gasteiger charge is 2.56. The van der Waals surface area contributed by atoms with Gasteiger partial charge in [0.25, 0.3) is 0 Å².